The van der Waals surface area contributed by atoms with Crippen LogP contribution >= 0.6 is 15.9 Å². The van der Waals surface area contributed by atoms with E-state index in [1.54, 1.807) is 6.92 Å². The molecule has 6 nitrogen and oxygen atoms in total. The Morgan fingerprint density at radius 3 is 2.59 bits per heavy atom. The molecule has 1 amide bonds. The maximum atomic E-state index is 11.9. The molecule has 0 bridgehead atoms. The van der Waals surface area contributed by atoms with Crippen LogP contribution in [0.5, 0.6) is 0 Å². The highest BCUT2D eigenvalue weighted by Crippen LogP contribution is 2.22. The number of anilines is 2. The number of carbonyl (C=O) groups excluding carboxylic acids is 1. The molecule has 2 N–H and O–H groups in total. The molecule has 22 heavy (non-hydrogen) atoms. The summed E-state index contributed by atoms with van der Waals surface area (Å²) in [6, 6.07) is 11.8. The molecular weight excluding hydrogens is 350 g/mol. The Labute approximate surface area is 135 Å². The average Bonchev–Trinajstić information content (AvgIpc) is 2.48. The van der Waals surface area contributed by atoms with Crippen LogP contribution in [0.25, 0.3) is 0 Å². The van der Waals surface area contributed by atoms with Crippen molar-refractivity contribution in [1.82, 2.24) is 0 Å². The van der Waals surface area contributed by atoms with E-state index >= 15 is 0 Å². The van der Waals surface area contributed by atoms with Crippen molar-refractivity contribution in [2.45, 2.75) is 6.92 Å². The summed E-state index contributed by atoms with van der Waals surface area (Å²) in [5, 5.41) is 16.4. The zero-order valence-electron chi connectivity index (χ0n) is 11.8. The number of benzene rings is 2. The molecule has 0 aliphatic heterocycles. The van der Waals surface area contributed by atoms with Gasteiger partial charge in [0.15, 0.2) is 0 Å². The van der Waals surface area contributed by atoms with Crippen LogP contribution in [0.2, 0.25) is 0 Å². The van der Waals surface area contributed by atoms with E-state index in [-0.39, 0.29) is 18.1 Å². The van der Waals surface area contributed by atoms with Gasteiger partial charge in [-0.05, 0) is 46.6 Å². The summed E-state index contributed by atoms with van der Waals surface area (Å²) >= 11 is 3.39. The Balaban J connectivity index is 1.98. The van der Waals surface area contributed by atoms with Crippen LogP contribution in [-0.2, 0) is 4.79 Å². The fourth-order valence-corrected chi connectivity index (χ4v) is 2.30. The molecule has 0 saturated carbocycles. The molecule has 0 spiro atoms. The first-order valence-electron chi connectivity index (χ1n) is 6.50. The first-order chi connectivity index (χ1) is 10.5. The number of aryl methyl sites for hydroxylation is 1. The third-order valence-electron chi connectivity index (χ3n) is 3.01. The largest absolute Gasteiger partial charge is 0.375 e. The maximum Gasteiger partial charge on any atom is 0.269 e. The molecule has 7 heteroatoms. The van der Waals surface area contributed by atoms with Gasteiger partial charge in [-0.25, -0.2) is 0 Å². The summed E-state index contributed by atoms with van der Waals surface area (Å²) in [5.74, 6) is -0.229. The fourth-order valence-electron chi connectivity index (χ4n) is 1.88. The van der Waals surface area contributed by atoms with E-state index in [1.807, 2.05) is 24.3 Å². The quantitative estimate of drug-likeness (QED) is 0.626. The minimum absolute atomic E-state index is 0.00170. The Kier molecular flexibility index (Phi) is 5.11. The van der Waals surface area contributed by atoms with Gasteiger partial charge >= 0.3 is 0 Å². The number of non-ortho nitro benzene ring substituents is 1. The van der Waals surface area contributed by atoms with E-state index in [9.17, 15) is 14.9 Å². The number of nitrogens with one attached hydrogen (secondary N) is 2. The van der Waals surface area contributed by atoms with E-state index in [4.69, 9.17) is 0 Å². The van der Waals surface area contributed by atoms with Gasteiger partial charge in [-0.15, -0.1) is 0 Å². The number of rotatable bonds is 5. The normalized spacial score (nSPS) is 10.1. The van der Waals surface area contributed by atoms with Crippen LogP contribution in [0.1, 0.15) is 5.56 Å². The first-order valence-corrected chi connectivity index (χ1v) is 7.30. The second-order valence-corrected chi connectivity index (χ2v) is 5.49. The first kappa shape index (κ1) is 16.0. The minimum atomic E-state index is -0.465. The molecule has 0 fully saturated rings. The molecule has 0 aliphatic carbocycles. The Morgan fingerprint density at radius 2 is 1.95 bits per heavy atom. The Hall–Kier alpha value is -2.41. The lowest BCUT2D eigenvalue weighted by molar-refractivity contribution is -0.384. The molecule has 0 aliphatic rings. The van der Waals surface area contributed by atoms with Crippen LogP contribution in [0.3, 0.4) is 0 Å². The SMILES string of the molecule is Cc1cc([N+](=O)[O-])ccc1NC(=O)CNc1ccccc1Br. The molecule has 0 radical (unpaired) electrons. The van der Waals surface area contributed by atoms with E-state index in [2.05, 4.69) is 26.6 Å². The Bertz CT molecular complexity index is 719. The molecule has 0 atom stereocenters. The van der Waals surface area contributed by atoms with E-state index < -0.39 is 4.92 Å². The van der Waals surface area contributed by atoms with Gasteiger partial charge in [0.05, 0.1) is 11.5 Å². The lowest BCUT2D eigenvalue weighted by Crippen LogP contribution is -2.22. The van der Waals surface area contributed by atoms with Gasteiger partial charge in [0, 0.05) is 28.0 Å². The second-order valence-electron chi connectivity index (χ2n) is 4.64. The number of para-hydroxylation sites is 1. The molecule has 0 heterocycles. The van der Waals surface area contributed by atoms with Crippen molar-refractivity contribution < 1.29 is 9.72 Å². The zero-order chi connectivity index (χ0) is 16.1. The fraction of sp³-hybridized carbons (Fsp3) is 0.133. The summed E-state index contributed by atoms with van der Waals surface area (Å²) in [5.41, 5.74) is 2.02. The summed E-state index contributed by atoms with van der Waals surface area (Å²) < 4.78 is 0.870. The third-order valence-corrected chi connectivity index (χ3v) is 3.70. The highest BCUT2D eigenvalue weighted by molar-refractivity contribution is 9.10. The van der Waals surface area contributed by atoms with Gasteiger partial charge in [0.2, 0.25) is 5.91 Å². The van der Waals surface area contributed by atoms with Crippen molar-refractivity contribution in [3.63, 3.8) is 0 Å². The van der Waals surface area contributed by atoms with E-state index in [0.29, 0.717) is 11.3 Å². The highest BCUT2D eigenvalue weighted by atomic mass is 79.9. The molecule has 0 saturated heterocycles. The summed E-state index contributed by atoms with van der Waals surface area (Å²) in [6.07, 6.45) is 0. The molecule has 2 aromatic rings. The number of carbonyl (C=O) groups is 1. The summed E-state index contributed by atoms with van der Waals surface area (Å²) in [6.45, 7) is 1.81. The lowest BCUT2D eigenvalue weighted by atomic mass is 10.2. The number of halogens is 1. The van der Waals surface area contributed by atoms with Gasteiger partial charge in [-0.3, -0.25) is 14.9 Å². The molecule has 0 unspecified atom stereocenters. The van der Waals surface area contributed by atoms with Crippen LogP contribution in [0, 0.1) is 17.0 Å². The molecule has 0 aromatic heterocycles. The number of amides is 1. The van der Waals surface area contributed by atoms with Gasteiger partial charge in [-0.1, -0.05) is 12.1 Å². The zero-order valence-corrected chi connectivity index (χ0v) is 13.4. The van der Waals surface area contributed by atoms with Crippen molar-refractivity contribution in [2.75, 3.05) is 17.2 Å². The standard InChI is InChI=1S/C15H14BrN3O3/c1-10-8-11(19(21)22)6-7-13(10)18-15(20)9-17-14-5-3-2-4-12(14)16/h2-8,17H,9H2,1H3,(H,18,20). The maximum absolute atomic E-state index is 11.9. The average molecular weight is 364 g/mol. The molecule has 2 aromatic carbocycles. The monoisotopic (exact) mass is 363 g/mol. The third kappa shape index (κ3) is 4.05. The molecular formula is C15H14BrN3O3. The van der Waals surface area contributed by atoms with Crippen LogP contribution in [0.4, 0.5) is 17.1 Å². The lowest BCUT2D eigenvalue weighted by Gasteiger charge is -2.10. The molecule has 2 rings (SSSR count). The van der Waals surface area contributed by atoms with Gasteiger partial charge in [0.25, 0.3) is 5.69 Å². The van der Waals surface area contributed by atoms with Gasteiger partial charge in [-0.2, -0.15) is 0 Å². The summed E-state index contributed by atoms with van der Waals surface area (Å²) in [7, 11) is 0. The van der Waals surface area contributed by atoms with Gasteiger partial charge in [0.1, 0.15) is 0 Å². The predicted molar refractivity (Wildman–Crippen MR) is 89.1 cm³/mol. The van der Waals surface area contributed by atoms with Crippen LogP contribution in [0.15, 0.2) is 46.9 Å². The number of nitro benzene ring substituents is 1. The van der Waals surface area contributed by atoms with E-state index in [0.717, 1.165) is 10.2 Å². The highest BCUT2D eigenvalue weighted by Gasteiger charge is 2.10. The van der Waals surface area contributed by atoms with Crippen LogP contribution < -0.4 is 10.6 Å². The number of hydrogen-bond acceptors (Lipinski definition) is 4. The minimum Gasteiger partial charge on any atom is -0.375 e. The van der Waals surface area contributed by atoms with Crippen LogP contribution in [-0.4, -0.2) is 17.4 Å². The number of nitrogens with zero attached hydrogens (tertiary/aromatic N) is 1. The van der Waals surface area contributed by atoms with Gasteiger partial charge < -0.3 is 10.6 Å². The number of hydrogen-bond donors (Lipinski definition) is 2. The van der Waals surface area contributed by atoms with Crippen molar-refractivity contribution >= 4 is 38.9 Å². The molecule has 114 valence electrons. The Morgan fingerprint density at radius 1 is 1.23 bits per heavy atom. The van der Waals surface area contributed by atoms with Crippen molar-refractivity contribution in [3.8, 4) is 0 Å². The predicted octanol–water partition coefficient (Wildman–Crippen LogP) is 3.72. The summed E-state index contributed by atoms with van der Waals surface area (Å²) in [4.78, 5) is 22.2. The van der Waals surface area contributed by atoms with Crippen molar-refractivity contribution in [1.29, 1.82) is 0 Å². The van der Waals surface area contributed by atoms with Crippen molar-refractivity contribution in [3.05, 3.63) is 62.6 Å². The smallest absolute Gasteiger partial charge is 0.269 e. The van der Waals surface area contributed by atoms with Crippen molar-refractivity contribution in [2.24, 2.45) is 0 Å². The topological polar surface area (TPSA) is 84.3 Å². The number of nitro groups is 1. The second kappa shape index (κ2) is 7.04. The van der Waals surface area contributed by atoms with E-state index in [1.165, 1.54) is 18.2 Å².